The highest BCUT2D eigenvalue weighted by Gasteiger charge is 2.25. The number of nitrogens with one attached hydrogen (secondary N) is 1. The molecule has 21 heavy (non-hydrogen) atoms. The summed E-state index contributed by atoms with van der Waals surface area (Å²) in [6.07, 6.45) is 0. The van der Waals surface area contributed by atoms with E-state index in [1.54, 1.807) is 25.1 Å². The van der Waals surface area contributed by atoms with Crippen LogP contribution in [0.2, 0.25) is 0 Å². The van der Waals surface area contributed by atoms with Gasteiger partial charge in [-0.2, -0.15) is 0 Å². The lowest BCUT2D eigenvalue weighted by Crippen LogP contribution is -2.38. The first-order valence-electron chi connectivity index (χ1n) is 6.81. The van der Waals surface area contributed by atoms with Gasteiger partial charge in [0.15, 0.2) is 0 Å². The van der Waals surface area contributed by atoms with Gasteiger partial charge in [0.2, 0.25) is 0 Å². The molecule has 0 spiro atoms. The van der Waals surface area contributed by atoms with E-state index in [0.29, 0.717) is 17.9 Å². The zero-order valence-corrected chi connectivity index (χ0v) is 12.9. The average Bonchev–Trinajstić information content (AvgIpc) is 3.01. The van der Waals surface area contributed by atoms with Crippen LogP contribution in [0.15, 0.2) is 41.8 Å². The van der Waals surface area contributed by atoms with E-state index in [4.69, 9.17) is 4.74 Å². The molecular weight excluding hydrogens is 286 g/mol. The van der Waals surface area contributed by atoms with Crippen LogP contribution in [0.5, 0.6) is 5.75 Å². The van der Waals surface area contributed by atoms with Gasteiger partial charge in [0.25, 0.3) is 5.91 Å². The second-order valence-electron chi connectivity index (χ2n) is 4.86. The summed E-state index contributed by atoms with van der Waals surface area (Å²) in [6.45, 7) is 4.20. The summed E-state index contributed by atoms with van der Waals surface area (Å²) in [5.41, 5.74) is -0.606. The fraction of sp³-hybridized carbons (Fsp3) is 0.312. The van der Waals surface area contributed by atoms with Gasteiger partial charge in [-0.1, -0.05) is 18.2 Å². The number of amides is 1. The topological polar surface area (TPSA) is 58.6 Å². The van der Waals surface area contributed by atoms with Crippen LogP contribution in [0.25, 0.3) is 0 Å². The summed E-state index contributed by atoms with van der Waals surface area (Å²) < 4.78 is 5.44. The van der Waals surface area contributed by atoms with Crippen molar-refractivity contribution in [2.45, 2.75) is 19.4 Å². The van der Waals surface area contributed by atoms with E-state index in [-0.39, 0.29) is 12.5 Å². The van der Waals surface area contributed by atoms with Crippen molar-refractivity contribution in [3.63, 3.8) is 0 Å². The highest BCUT2D eigenvalue weighted by Crippen LogP contribution is 2.25. The minimum Gasteiger partial charge on any atom is -0.493 e. The molecule has 2 N–H and O–H groups in total. The lowest BCUT2D eigenvalue weighted by Gasteiger charge is -2.22. The Morgan fingerprint density at radius 2 is 2.10 bits per heavy atom. The molecule has 2 rings (SSSR count). The molecule has 0 aliphatic carbocycles. The number of aliphatic hydroxyl groups is 1. The molecule has 1 atom stereocenters. The first-order chi connectivity index (χ1) is 10.0. The minimum atomic E-state index is -1.08. The van der Waals surface area contributed by atoms with Crippen molar-refractivity contribution < 1.29 is 14.6 Å². The summed E-state index contributed by atoms with van der Waals surface area (Å²) in [6, 6.07) is 10.8. The molecular formula is C16H19NO3S. The van der Waals surface area contributed by atoms with Gasteiger partial charge < -0.3 is 15.2 Å². The van der Waals surface area contributed by atoms with Crippen molar-refractivity contribution in [3.8, 4) is 5.75 Å². The van der Waals surface area contributed by atoms with E-state index in [1.807, 2.05) is 30.5 Å². The highest BCUT2D eigenvalue weighted by molar-refractivity contribution is 7.10. The molecule has 0 aliphatic rings. The summed E-state index contributed by atoms with van der Waals surface area (Å²) in [7, 11) is 0. The first-order valence-corrected chi connectivity index (χ1v) is 7.69. The molecule has 4 nitrogen and oxygen atoms in total. The smallest absolute Gasteiger partial charge is 0.255 e. The van der Waals surface area contributed by atoms with Crippen LogP contribution in [-0.2, 0) is 5.60 Å². The van der Waals surface area contributed by atoms with Crippen molar-refractivity contribution in [1.29, 1.82) is 0 Å². The van der Waals surface area contributed by atoms with Gasteiger partial charge in [0.05, 0.1) is 18.7 Å². The molecule has 5 heteroatoms. The summed E-state index contributed by atoms with van der Waals surface area (Å²) >= 11 is 1.46. The van der Waals surface area contributed by atoms with Gasteiger partial charge in [-0.25, -0.2) is 0 Å². The number of ether oxygens (including phenoxy) is 1. The van der Waals surface area contributed by atoms with E-state index in [2.05, 4.69) is 5.32 Å². The second-order valence-corrected chi connectivity index (χ2v) is 5.81. The Balaban J connectivity index is 2.05. The largest absolute Gasteiger partial charge is 0.493 e. The molecule has 0 fully saturated rings. The van der Waals surface area contributed by atoms with Gasteiger partial charge >= 0.3 is 0 Å². The zero-order chi connectivity index (χ0) is 15.3. The van der Waals surface area contributed by atoms with Crippen molar-refractivity contribution in [2.75, 3.05) is 13.2 Å². The van der Waals surface area contributed by atoms with Crippen LogP contribution in [0.4, 0.5) is 0 Å². The van der Waals surface area contributed by atoms with E-state index in [9.17, 15) is 9.90 Å². The first kappa shape index (κ1) is 15.5. The number of thiophene rings is 1. The molecule has 1 aromatic heterocycles. The standard InChI is InChI=1S/C16H19NO3S/c1-3-20-13-8-5-4-7-12(13)15(18)17-11-16(2,19)14-9-6-10-21-14/h4-10,19H,3,11H2,1-2H3,(H,17,18). The Bertz CT molecular complexity index is 593. The van der Waals surface area contributed by atoms with E-state index < -0.39 is 5.60 Å². The summed E-state index contributed by atoms with van der Waals surface area (Å²) in [5, 5.41) is 15.1. The van der Waals surface area contributed by atoms with Gasteiger partial charge in [-0.05, 0) is 37.4 Å². The quantitative estimate of drug-likeness (QED) is 0.863. The number of carbonyl (C=O) groups is 1. The molecule has 1 aromatic carbocycles. The number of carbonyl (C=O) groups excluding carboxylic acids is 1. The third kappa shape index (κ3) is 3.83. The number of hydrogen-bond donors (Lipinski definition) is 2. The lowest BCUT2D eigenvalue weighted by atomic mass is 10.0. The third-order valence-corrected chi connectivity index (χ3v) is 4.20. The molecule has 0 saturated carbocycles. The van der Waals surface area contributed by atoms with Crippen molar-refractivity contribution in [2.24, 2.45) is 0 Å². The lowest BCUT2D eigenvalue weighted by molar-refractivity contribution is 0.0555. The molecule has 0 saturated heterocycles. The predicted molar refractivity (Wildman–Crippen MR) is 83.8 cm³/mol. The Morgan fingerprint density at radius 3 is 2.76 bits per heavy atom. The number of benzene rings is 1. The Labute approximate surface area is 128 Å². The molecule has 1 heterocycles. The van der Waals surface area contributed by atoms with Crippen LogP contribution in [-0.4, -0.2) is 24.2 Å². The Morgan fingerprint density at radius 1 is 1.33 bits per heavy atom. The Kier molecular flexibility index (Phi) is 4.98. The van der Waals surface area contributed by atoms with Gasteiger partial charge in [0.1, 0.15) is 11.4 Å². The monoisotopic (exact) mass is 305 g/mol. The minimum absolute atomic E-state index is 0.146. The molecule has 0 bridgehead atoms. The van der Waals surface area contributed by atoms with E-state index >= 15 is 0 Å². The SMILES string of the molecule is CCOc1ccccc1C(=O)NCC(C)(O)c1cccs1. The number of para-hydroxylation sites is 1. The van der Waals surface area contributed by atoms with Gasteiger partial charge in [-0.15, -0.1) is 11.3 Å². The number of rotatable bonds is 6. The molecule has 2 aromatic rings. The van der Waals surface area contributed by atoms with Gasteiger partial charge in [0, 0.05) is 4.88 Å². The van der Waals surface area contributed by atoms with E-state index in [1.165, 1.54) is 11.3 Å². The van der Waals surface area contributed by atoms with Crippen molar-refractivity contribution in [3.05, 3.63) is 52.2 Å². The predicted octanol–water partition coefficient (Wildman–Crippen LogP) is 2.78. The van der Waals surface area contributed by atoms with Crippen LogP contribution in [0.3, 0.4) is 0 Å². The second kappa shape index (κ2) is 6.74. The molecule has 0 radical (unpaired) electrons. The van der Waals surface area contributed by atoms with Crippen LogP contribution in [0, 0.1) is 0 Å². The maximum Gasteiger partial charge on any atom is 0.255 e. The van der Waals surface area contributed by atoms with Crippen LogP contribution < -0.4 is 10.1 Å². The maximum absolute atomic E-state index is 12.3. The zero-order valence-electron chi connectivity index (χ0n) is 12.1. The fourth-order valence-electron chi connectivity index (χ4n) is 1.96. The molecule has 1 unspecified atom stereocenters. The fourth-order valence-corrected chi connectivity index (χ4v) is 2.74. The third-order valence-electron chi connectivity index (χ3n) is 3.08. The van der Waals surface area contributed by atoms with Crippen molar-refractivity contribution >= 4 is 17.2 Å². The van der Waals surface area contributed by atoms with Crippen LogP contribution >= 0.6 is 11.3 Å². The molecule has 112 valence electrons. The maximum atomic E-state index is 12.3. The van der Waals surface area contributed by atoms with Crippen LogP contribution in [0.1, 0.15) is 29.1 Å². The molecule has 1 amide bonds. The number of hydrogen-bond acceptors (Lipinski definition) is 4. The van der Waals surface area contributed by atoms with Crippen molar-refractivity contribution in [1.82, 2.24) is 5.32 Å². The summed E-state index contributed by atoms with van der Waals surface area (Å²) in [4.78, 5) is 13.1. The van der Waals surface area contributed by atoms with Gasteiger partial charge in [-0.3, -0.25) is 4.79 Å². The Hall–Kier alpha value is -1.85. The normalized spacial score (nSPS) is 13.5. The van der Waals surface area contributed by atoms with E-state index in [0.717, 1.165) is 4.88 Å². The average molecular weight is 305 g/mol. The highest BCUT2D eigenvalue weighted by atomic mass is 32.1. The summed E-state index contributed by atoms with van der Waals surface area (Å²) in [5.74, 6) is 0.296. The molecule has 0 aliphatic heterocycles.